The molecule has 0 bridgehead atoms. The van der Waals surface area contributed by atoms with Crippen LogP contribution in [-0.4, -0.2) is 68.0 Å². The van der Waals surface area contributed by atoms with Crippen LogP contribution in [0.4, 0.5) is 4.79 Å². The normalized spacial score (nSPS) is 21.3. The van der Waals surface area contributed by atoms with E-state index < -0.39 is 0 Å². The zero-order chi connectivity index (χ0) is 17.1. The van der Waals surface area contributed by atoms with Crippen LogP contribution in [0.15, 0.2) is 18.2 Å². The molecule has 25 heavy (non-hydrogen) atoms. The molecule has 2 saturated heterocycles. The Labute approximate surface area is 147 Å². The van der Waals surface area contributed by atoms with Crippen molar-refractivity contribution in [2.45, 2.75) is 25.3 Å². The summed E-state index contributed by atoms with van der Waals surface area (Å²) in [5, 5.41) is 2.95. The van der Waals surface area contributed by atoms with E-state index >= 15 is 0 Å². The van der Waals surface area contributed by atoms with Gasteiger partial charge in [-0.25, -0.2) is 4.79 Å². The van der Waals surface area contributed by atoms with Gasteiger partial charge in [0.1, 0.15) is 12.4 Å². The largest absolute Gasteiger partial charge is 0.492 e. The summed E-state index contributed by atoms with van der Waals surface area (Å²) in [6.45, 7) is 5.55. The molecule has 0 spiro atoms. The van der Waals surface area contributed by atoms with Crippen LogP contribution in [0.1, 0.15) is 19.3 Å². The Morgan fingerprint density at radius 2 is 2.00 bits per heavy atom. The highest BCUT2D eigenvalue weighted by atomic mass is 16.7. The molecule has 2 amide bonds. The van der Waals surface area contributed by atoms with Crippen LogP contribution in [0.5, 0.6) is 17.2 Å². The number of ether oxygens (including phenoxy) is 3. The molecular weight excluding hydrogens is 322 g/mol. The molecule has 2 fully saturated rings. The van der Waals surface area contributed by atoms with E-state index in [9.17, 15) is 4.79 Å². The van der Waals surface area contributed by atoms with E-state index in [0.29, 0.717) is 12.6 Å². The standard InChI is InChI=1S/C18H25N3O4/c22-18-19-6-1-7-21(18)14-4-8-20(9-5-14)10-11-23-15-2-3-16-17(12-15)25-13-24-16/h2-3,12,14H,1,4-11,13H2,(H,19,22). The van der Waals surface area contributed by atoms with Gasteiger partial charge in [-0.05, 0) is 31.4 Å². The van der Waals surface area contributed by atoms with Gasteiger partial charge in [0.05, 0.1) is 0 Å². The van der Waals surface area contributed by atoms with Crippen LogP contribution in [0, 0.1) is 0 Å². The van der Waals surface area contributed by atoms with Crippen molar-refractivity contribution in [2.24, 2.45) is 0 Å². The maximum absolute atomic E-state index is 11.9. The Morgan fingerprint density at radius 3 is 2.84 bits per heavy atom. The summed E-state index contributed by atoms with van der Waals surface area (Å²) < 4.78 is 16.5. The number of rotatable bonds is 5. The van der Waals surface area contributed by atoms with Gasteiger partial charge in [-0.2, -0.15) is 0 Å². The summed E-state index contributed by atoms with van der Waals surface area (Å²) >= 11 is 0. The van der Waals surface area contributed by atoms with E-state index in [1.54, 1.807) is 0 Å². The molecule has 3 heterocycles. The Kier molecular flexibility index (Phi) is 4.83. The lowest BCUT2D eigenvalue weighted by Gasteiger charge is -2.40. The summed E-state index contributed by atoms with van der Waals surface area (Å²) in [6.07, 6.45) is 3.13. The average molecular weight is 347 g/mol. The fourth-order valence-electron chi connectivity index (χ4n) is 3.71. The first-order chi connectivity index (χ1) is 12.3. The smallest absolute Gasteiger partial charge is 0.317 e. The Bertz CT molecular complexity index is 616. The summed E-state index contributed by atoms with van der Waals surface area (Å²) in [6, 6.07) is 6.16. The van der Waals surface area contributed by atoms with Crippen LogP contribution in [0.3, 0.4) is 0 Å². The molecule has 0 unspecified atom stereocenters. The zero-order valence-corrected chi connectivity index (χ0v) is 14.4. The molecule has 0 aromatic heterocycles. The van der Waals surface area contributed by atoms with Gasteiger partial charge in [0.15, 0.2) is 11.5 Å². The van der Waals surface area contributed by atoms with Crippen molar-refractivity contribution >= 4 is 6.03 Å². The number of nitrogens with one attached hydrogen (secondary N) is 1. The van der Waals surface area contributed by atoms with Crippen LogP contribution in [-0.2, 0) is 0 Å². The van der Waals surface area contributed by atoms with E-state index in [2.05, 4.69) is 10.2 Å². The fourth-order valence-corrected chi connectivity index (χ4v) is 3.71. The van der Waals surface area contributed by atoms with Gasteiger partial charge in [-0.3, -0.25) is 4.90 Å². The first-order valence-electron chi connectivity index (χ1n) is 9.09. The molecule has 0 radical (unpaired) electrons. The van der Waals surface area contributed by atoms with Gasteiger partial charge in [-0.1, -0.05) is 0 Å². The number of fused-ring (bicyclic) bond motifs is 1. The molecule has 3 aliphatic rings. The third-order valence-corrected chi connectivity index (χ3v) is 5.13. The van der Waals surface area contributed by atoms with Crippen LogP contribution >= 0.6 is 0 Å². The minimum absolute atomic E-state index is 0.107. The molecule has 1 N–H and O–H groups in total. The molecule has 0 atom stereocenters. The van der Waals surface area contributed by atoms with Crippen LogP contribution in [0.25, 0.3) is 0 Å². The third-order valence-electron chi connectivity index (χ3n) is 5.13. The quantitative estimate of drug-likeness (QED) is 0.878. The van der Waals surface area contributed by atoms with Gasteiger partial charge in [0, 0.05) is 44.8 Å². The molecule has 0 aliphatic carbocycles. The second-order valence-electron chi connectivity index (χ2n) is 6.72. The molecule has 7 nitrogen and oxygen atoms in total. The average Bonchev–Trinajstić information content (AvgIpc) is 3.11. The predicted molar refractivity (Wildman–Crippen MR) is 92.2 cm³/mol. The number of piperidine rings is 1. The van der Waals surface area contributed by atoms with Crippen molar-refractivity contribution in [3.8, 4) is 17.2 Å². The molecule has 3 aliphatic heterocycles. The fraction of sp³-hybridized carbons (Fsp3) is 0.611. The lowest BCUT2D eigenvalue weighted by Crippen LogP contribution is -2.54. The first kappa shape index (κ1) is 16.3. The summed E-state index contributed by atoms with van der Waals surface area (Å²) in [5.74, 6) is 2.33. The molecule has 136 valence electrons. The van der Waals surface area contributed by atoms with Crippen LogP contribution in [0.2, 0.25) is 0 Å². The number of nitrogens with zero attached hydrogens (tertiary/aromatic N) is 2. The summed E-state index contributed by atoms with van der Waals surface area (Å²) in [4.78, 5) is 16.4. The number of amides is 2. The lowest BCUT2D eigenvalue weighted by molar-refractivity contribution is 0.104. The minimum atomic E-state index is 0.107. The Morgan fingerprint density at radius 1 is 1.16 bits per heavy atom. The SMILES string of the molecule is O=C1NCCCN1C1CCN(CCOc2ccc3c(c2)OCO3)CC1. The monoisotopic (exact) mass is 347 g/mol. The van der Waals surface area contributed by atoms with Gasteiger partial charge >= 0.3 is 6.03 Å². The zero-order valence-electron chi connectivity index (χ0n) is 14.4. The number of urea groups is 1. The summed E-state index contributed by atoms with van der Waals surface area (Å²) in [5.41, 5.74) is 0. The maximum Gasteiger partial charge on any atom is 0.317 e. The van der Waals surface area contributed by atoms with Gasteiger partial charge < -0.3 is 24.4 Å². The maximum atomic E-state index is 11.9. The van der Waals surface area contributed by atoms with E-state index in [4.69, 9.17) is 14.2 Å². The molecule has 4 rings (SSSR count). The number of likely N-dealkylation sites (tertiary alicyclic amines) is 1. The van der Waals surface area contributed by atoms with E-state index in [1.165, 1.54) is 0 Å². The number of benzene rings is 1. The van der Waals surface area contributed by atoms with E-state index in [1.807, 2.05) is 23.1 Å². The van der Waals surface area contributed by atoms with Gasteiger partial charge in [-0.15, -0.1) is 0 Å². The van der Waals surface area contributed by atoms with Crippen molar-refractivity contribution < 1.29 is 19.0 Å². The van der Waals surface area contributed by atoms with Gasteiger partial charge in [0.25, 0.3) is 0 Å². The number of carbonyl (C=O) groups excluding carboxylic acids is 1. The Hall–Kier alpha value is -2.15. The van der Waals surface area contributed by atoms with Crippen molar-refractivity contribution in [3.63, 3.8) is 0 Å². The Balaban J connectivity index is 1.19. The molecular formula is C18H25N3O4. The molecule has 0 saturated carbocycles. The van der Waals surface area contributed by atoms with E-state index in [-0.39, 0.29) is 12.8 Å². The van der Waals surface area contributed by atoms with Crippen LogP contribution < -0.4 is 19.5 Å². The lowest BCUT2D eigenvalue weighted by atomic mass is 10.0. The first-order valence-corrected chi connectivity index (χ1v) is 9.09. The third kappa shape index (κ3) is 3.76. The highest BCUT2D eigenvalue weighted by Crippen LogP contribution is 2.35. The molecule has 1 aromatic carbocycles. The van der Waals surface area contributed by atoms with Crippen molar-refractivity contribution in [3.05, 3.63) is 18.2 Å². The molecule has 1 aromatic rings. The number of hydrogen-bond acceptors (Lipinski definition) is 5. The van der Waals surface area contributed by atoms with E-state index in [0.717, 1.165) is 69.2 Å². The van der Waals surface area contributed by atoms with Crippen molar-refractivity contribution in [1.29, 1.82) is 0 Å². The highest BCUT2D eigenvalue weighted by Gasteiger charge is 2.29. The molecule has 7 heteroatoms. The number of hydrogen-bond donors (Lipinski definition) is 1. The minimum Gasteiger partial charge on any atom is -0.492 e. The summed E-state index contributed by atoms with van der Waals surface area (Å²) in [7, 11) is 0. The second kappa shape index (κ2) is 7.39. The van der Waals surface area contributed by atoms with Crippen molar-refractivity contribution in [2.75, 3.05) is 46.1 Å². The topological polar surface area (TPSA) is 63.3 Å². The second-order valence-corrected chi connectivity index (χ2v) is 6.72. The number of carbonyl (C=O) groups is 1. The predicted octanol–water partition coefficient (Wildman–Crippen LogP) is 1.67. The van der Waals surface area contributed by atoms with Gasteiger partial charge in [0.2, 0.25) is 6.79 Å². The highest BCUT2D eigenvalue weighted by molar-refractivity contribution is 5.75. The van der Waals surface area contributed by atoms with Crippen molar-refractivity contribution in [1.82, 2.24) is 15.1 Å².